The molecule has 1 rings (SSSR count). The van der Waals surface area contributed by atoms with E-state index in [1.54, 1.807) is 0 Å². The van der Waals surface area contributed by atoms with Crippen molar-refractivity contribution in [1.82, 2.24) is 5.32 Å². The van der Waals surface area contributed by atoms with Crippen LogP contribution >= 0.6 is 23.1 Å². The fourth-order valence-electron chi connectivity index (χ4n) is 1.28. The summed E-state index contributed by atoms with van der Waals surface area (Å²) in [6.45, 7) is 5.58. The van der Waals surface area contributed by atoms with Crippen molar-refractivity contribution in [2.24, 2.45) is 0 Å². The zero-order valence-corrected chi connectivity index (χ0v) is 10.6. The lowest BCUT2D eigenvalue weighted by Crippen LogP contribution is -2.19. The van der Waals surface area contributed by atoms with E-state index >= 15 is 0 Å². The first-order valence-corrected chi connectivity index (χ1v) is 7.22. The average Bonchev–Trinajstić information content (AvgIpc) is 2.70. The Morgan fingerprint density at radius 3 is 3.07 bits per heavy atom. The zero-order chi connectivity index (χ0) is 10.2. The van der Waals surface area contributed by atoms with Crippen molar-refractivity contribution < 1.29 is 0 Å². The summed E-state index contributed by atoms with van der Waals surface area (Å²) in [7, 11) is 0. The molecule has 0 aliphatic rings. The standard InChI is InChI=1S/C11H19NS2/c1-3-13-8-5-7-12-10(2)11-6-4-9-14-11/h4,6,9-10,12H,3,5,7-8H2,1-2H3/t10-/m1/s1. The second-order valence-corrected chi connectivity index (χ2v) is 5.61. The summed E-state index contributed by atoms with van der Waals surface area (Å²) in [5.41, 5.74) is 0. The van der Waals surface area contributed by atoms with Crippen LogP contribution in [0.25, 0.3) is 0 Å². The summed E-state index contributed by atoms with van der Waals surface area (Å²) in [5, 5.41) is 5.68. The van der Waals surface area contributed by atoms with Crippen molar-refractivity contribution >= 4 is 23.1 Å². The van der Waals surface area contributed by atoms with Crippen LogP contribution in [0.5, 0.6) is 0 Å². The quantitative estimate of drug-likeness (QED) is 0.718. The highest BCUT2D eigenvalue weighted by atomic mass is 32.2. The topological polar surface area (TPSA) is 12.0 Å². The second kappa shape index (κ2) is 7.32. The number of thiophene rings is 1. The van der Waals surface area contributed by atoms with Crippen molar-refractivity contribution in [2.75, 3.05) is 18.1 Å². The molecular weight excluding hydrogens is 210 g/mol. The van der Waals surface area contributed by atoms with Crippen LogP contribution in [0.1, 0.15) is 31.2 Å². The van der Waals surface area contributed by atoms with Crippen molar-refractivity contribution in [1.29, 1.82) is 0 Å². The van der Waals surface area contributed by atoms with E-state index in [9.17, 15) is 0 Å². The summed E-state index contributed by atoms with van der Waals surface area (Å²) >= 11 is 3.85. The maximum atomic E-state index is 3.54. The van der Waals surface area contributed by atoms with Crippen LogP contribution in [-0.4, -0.2) is 18.1 Å². The minimum atomic E-state index is 0.515. The van der Waals surface area contributed by atoms with Gasteiger partial charge in [-0.2, -0.15) is 11.8 Å². The lowest BCUT2D eigenvalue weighted by molar-refractivity contribution is 0.580. The molecule has 1 aromatic rings. The molecule has 0 fully saturated rings. The first-order chi connectivity index (χ1) is 6.84. The highest BCUT2D eigenvalue weighted by Crippen LogP contribution is 2.17. The molecule has 1 aromatic heterocycles. The Bertz CT molecular complexity index is 221. The Hall–Kier alpha value is 0.01000. The van der Waals surface area contributed by atoms with Gasteiger partial charge in [-0.3, -0.25) is 0 Å². The van der Waals surface area contributed by atoms with E-state index in [1.165, 1.54) is 22.8 Å². The fraction of sp³-hybridized carbons (Fsp3) is 0.636. The van der Waals surface area contributed by atoms with Gasteiger partial charge in [-0.25, -0.2) is 0 Å². The summed E-state index contributed by atoms with van der Waals surface area (Å²) in [6, 6.07) is 4.83. The SMILES string of the molecule is CCSCCCN[C@H](C)c1cccs1. The van der Waals surface area contributed by atoms with Crippen LogP contribution in [0.3, 0.4) is 0 Å². The van der Waals surface area contributed by atoms with Gasteiger partial charge in [0, 0.05) is 10.9 Å². The van der Waals surface area contributed by atoms with E-state index in [-0.39, 0.29) is 0 Å². The molecule has 0 radical (unpaired) electrons. The lowest BCUT2D eigenvalue weighted by Gasteiger charge is -2.11. The van der Waals surface area contributed by atoms with Crippen LogP contribution < -0.4 is 5.32 Å². The first kappa shape index (κ1) is 12.1. The fourth-order valence-corrected chi connectivity index (χ4v) is 2.67. The Balaban J connectivity index is 2.07. The monoisotopic (exact) mass is 229 g/mol. The summed E-state index contributed by atoms with van der Waals surface area (Å²) < 4.78 is 0. The molecule has 0 saturated carbocycles. The average molecular weight is 229 g/mol. The van der Waals surface area contributed by atoms with Gasteiger partial charge in [-0.1, -0.05) is 13.0 Å². The van der Waals surface area contributed by atoms with Gasteiger partial charge in [0.2, 0.25) is 0 Å². The third-order valence-corrected chi connectivity index (χ3v) is 4.13. The van der Waals surface area contributed by atoms with Gasteiger partial charge in [0.1, 0.15) is 0 Å². The van der Waals surface area contributed by atoms with Crippen LogP contribution in [0.15, 0.2) is 17.5 Å². The molecule has 0 amide bonds. The molecule has 0 saturated heterocycles. The van der Waals surface area contributed by atoms with Gasteiger partial charge in [-0.15, -0.1) is 11.3 Å². The minimum Gasteiger partial charge on any atom is -0.309 e. The highest BCUT2D eigenvalue weighted by Gasteiger charge is 2.03. The number of rotatable bonds is 7. The summed E-state index contributed by atoms with van der Waals surface area (Å²) in [6.07, 6.45) is 1.27. The number of hydrogen-bond donors (Lipinski definition) is 1. The number of thioether (sulfide) groups is 1. The molecule has 1 heterocycles. The molecule has 0 aromatic carbocycles. The van der Waals surface area contributed by atoms with E-state index in [0.29, 0.717) is 6.04 Å². The molecular formula is C11H19NS2. The number of hydrogen-bond acceptors (Lipinski definition) is 3. The molecule has 1 atom stereocenters. The third-order valence-electron chi connectivity index (χ3n) is 2.09. The van der Waals surface area contributed by atoms with E-state index < -0.39 is 0 Å². The second-order valence-electron chi connectivity index (χ2n) is 3.24. The Kier molecular flexibility index (Phi) is 6.32. The van der Waals surface area contributed by atoms with Crippen molar-refractivity contribution in [2.45, 2.75) is 26.3 Å². The molecule has 1 nitrogen and oxygen atoms in total. The summed E-state index contributed by atoms with van der Waals surface area (Å²) in [5.74, 6) is 2.52. The molecule has 0 unspecified atom stereocenters. The van der Waals surface area contributed by atoms with Crippen LogP contribution in [0.2, 0.25) is 0 Å². The third kappa shape index (κ3) is 4.49. The molecule has 14 heavy (non-hydrogen) atoms. The van der Waals surface area contributed by atoms with Gasteiger partial charge in [0.05, 0.1) is 0 Å². The van der Waals surface area contributed by atoms with Crippen LogP contribution in [0, 0.1) is 0 Å². The predicted octanol–water partition coefficient (Wildman–Crippen LogP) is 3.54. The number of nitrogens with one attached hydrogen (secondary N) is 1. The molecule has 0 aliphatic carbocycles. The summed E-state index contributed by atoms with van der Waals surface area (Å²) in [4.78, 5) is 1.44. The predicted molar refractivity (Wildman–Crippen MR) is 68.4 cm³/mol. The molecule has 0 bridgehead atoms. The largest absolute Gasteiger partial charge is 0.309 e. The van der Waals surface area contributed by atoms with Crippen LogP contribution in [0.4, 0.5) is 0 Å². The van der Waals surface area contributed by atoms with Crippen LogP contribution in [-0.2, 0) is 0 Å². The van der Waals surface area contributed by atoms with E-state index in [2.05, 4.69) is 36.7 Å². The molecule has 3 heteroatoms. The molecule has 0 spiro atoms. The Morgan fingerprint density at radius 2 is 2.43 bits per heavy atom. The smallest absolute Gasteiger partial charge is 0.0386 e. The van der Waals surface area contributed by atoms with E-state index in [4.69, 9.17) is 0 Å². The Labute approximate surface area is 95.3 Å². The van der Waals surface area contributed by atoms with Crippen molar-refractivity contribution in [3.8, 4) is 0 Å². The molecule has 0 aliphatic heterocycles. The van der Waals surface area contributed by atoms with Gasteiger partial charge >= 0.3 is 0 Å². The normalized spacial score (nSPS) is 13.0. The lowest BCUT2D eigenvalue weighted by atomic mass is 10.2. The first-order valence-electron chi connectivity index (χ1n) is 5.19. The Morgan fingerprint density at radius 1 is 1.57 bits per heavy atom. The van der Waals surface area contributed by atoms with Crippen molar-refractivity contribution in [3.05, 3.63) is 22.4 Å². The van der Waals surface area contributed by atoms with Gasteiger partial charge < -0.3 is 5.32 Å². The van der Waals surface area contributed by atoms with Gasteiger partial charge in [0.25, 0.3) is 0 Å². The van der Waals surface area contributed by atoms with Gasteiger partial charge in [-0.05, 0) is 42.8 Å². The maximum Gasteiger partial charge on any atom is 0.0386 e. The minimum absolute atomic E-state index is 0.515. The maximum absolute atomic E-state index is 3.54. The molecule has 1 N–H and O–H groups in total. The molecule has 80 valence electrons. The van der Waals surface area contributed by atoms with Crippen molar-refractivity contribution in [3.63, 3.8) is 0 Å². The van der Waals surface area contributed by atoms with E-state index in [1.807, 2.05) is 23.1 Å². The van der Waals surface area contributed by atoms with E-state index in [0.717, 1.165) is 6.54 Å². The highest BCUT2D eigenvalue weighted by molar-refractivity contribution is 7.99. The van der Waals surface area contributed by atoms with Gasteiger partial charge in [0.15, 0.2) is 0 Å². The zero-order valence-electron chi connectivity index (χ0n) is 8.95.